The maximum Gasteiger partial charge on any atom is 2.00 e. The molecular formula is C44H50O6Zn. The third-order valence-corrected chi connectivity index (χ3v) is 11.2. The molecule has 2 aliphatic rings. The number of carboxylic acid groups (broad SMARTS) is 2. The second-order valence-corrected chi connectivity index (χ2v) is 15.2. The molecule has 264 valence electrons. The van der Waals surface area contributed by atoms with E-state index in [1.807, 2.05) is 72.8 Å². The summed E-state index contributed by atoms with van der Waals surface area (Å²) in [4.78, 5) is 23.2. The number of carbonyl (C=O) groups is 2. The topological polar surface area (TPSA) is 121 Å². The molecule has 2 fully saturated rings. The first-order chi connectivity index (χ1) is 23.8. The van der Waals surface area contributed by atoms with E-state index in [1.54, 1.807) is 12.1 Å². The van der Waals surface area contributed by atoms with E-state index in [0.717, 1.165) is 84.7 Å². The summed E-state index contributed by atoms with van der Waals surface area (Å²) in [5.41, 5.74) is 4.64. The van der Waals surface area contributed by atoms with Crippen LogP contribution in [0.2, 0.25) is 0 Å². The van der Waals surface area contributed by atoms with Gasteiger partial charge in [-0.3, -0.25) is 0 Å². The second kappa shape index (κ2) is 17.0. The molecule has 0 amide bonds. The largest absolute Gasteiger partial charge is 2.00 e. The summed E-state index contributed by atoms with van der Waals surface area (Å²) < 4.78 is 0. The van der Waals surface area contributed by atoms with Crippen molar-refractivity contribution in [3.63, 3.8) is 0 Å². The molecule has 0 unspecified atom stereocenters. The molecule has 4 aromatic carbocycles. The van der Waals surface area contributed by atoms with Gasteiger partial charge in [-0.15, -0.1) is 0 Å². The summed E-state index contributed by atoms with van der Waals surface area (Å²) in [5.74, 6) is -2.42. The van der Waals surface area contributed by atoms with E-state index in [1.165, 1.54) is 12.8 Å². The fourth-order valence-corrected chi connectivity index (χ4v) is 7.84. The first kappa shape index (κ1) is 39.8. The van der Waals surface area contributed by atoms with Gasteiger partial charge in [-0.25, -0.2) is 0 Å². The summed E-state index contributed by atoms with van der Waals surface area (Å²) in [7, 11) is 0. The number of phenols is 2. The minimum atomic E-state index is -1.32. The molecular weight excluding hydrogens is 690 g/mol. The monoisotopic (exact) mass is 738 g/mol. The van der Waals surface area contributed by atoms with Crippen molar-refractivity contribution in [1.29, 1.82) is 0 Å². The Hall–Kier alpha value is -3.96. The van der Waals surface area contributed by atoms with Gasteiger partial charge in [0.15, 0.2) is 0 Å². The Balaban J connectivity index is 0.000000224. The van der Waals surface area contributed by atoms with Crippen molar-refractivity contribution in [2.45, 2.75) is 115 Å². The molecule has 0 aromatic heterocycles. The van der Waals surface area contributed by atoms with Crippen molar-refractivity contribution in [1.82, 2.24) is 0 Å². The molecule has 0 aliphatic heterocycles. The zero-order chi connectivity index (χ0) is 36.1. The van der Waals surface area contributed by atoms with Crippen LogP contribution in [-0.4, -0.2) is 22.2 Å². The first-order valence-electron chi connectivity index (χ1n) is 18.1. The maximum absolute atomic E-state index is 11.6. The Morgan fingerprint density at radius 2 is 0.843 bits per heavy atom. The van der Waals surface area contributed by atoms with Gasteiger partial charge in [-0.1, -0.05) is 139 Å². The quantitative estimate of drug-likeness (QED) is 0.176. The molecule has 0 heterocycles. The predicted octanol–water partition coefficient (Wildman–Crippen LogP) is 8.26. The Morgan fingerprint density at radius 3 is 1.14 bits per heavy atom. The summed E-state index contributed by atoms with van der Waals surface area (Å²) in [6.07, 6.45) is 10.9. The molecule has 0 atom stereocenters. The number of carbonyl (C=O) groups excluding carboxylic acids is 2. The molecule has 2 saturated carbocycles. The van der Waals surface area contributed by atoms with Gasteiger partial charge in [-0.05, 0) is 83.0 Å². The third kappa shape index (κ3) is 8.92. The minimum absolute atomic E-state index is 0. The molecule has 0 spiro atoms. The second-order valence-electron chi connectivity index (χ2n) is 15.2. The molecule has 4 aromatic rings. The van der Waals surface area contributed by atoms with Crippen LogP contribution < -0.4 is 10.2 Å². The fraction of sp³-hybridized carbons (Fsp3) is 0.409. The van der Waals surface area contributed by atoms with Crippen molar-refractivity contribution in [2.75, 3.05) is 0 Å². The van der Waals surface area contributed by atoms with Crippen LogP contribution in [0.5, 0.6) is 11.5 Å². The Labute approximate surface area is 315 Å². The molecule has 0 bridgehead atoms. The van der Waals surface area contributed by atoms with E-state index in [-0.39, 0.29) is 64.8 Å². The third-order valence-electron chi connectivity index (χ3n) is 11.2. The Morgan fingerprint density at radius 1 is 0.529 bits per heavy atom. The van der Waals surface area contributed by atoms with Gasteiger partial charge in [0.25, 0.3) is 0 Å². The van der Waals surface area contributed by atoms with Crippen LogP contribution in [0.1, 0.15) is 158 Å². The number of rotatable bonds is 8. The number of hydrogen-bond donors (Lipinski definition) is 2. The van der Waals surface area contributed by atoms with Gasteiger partial charge in [0, 0.05) is 22.0 Å². The fourth-order valence-electron chi connectivity index (χ4n) is 7.84. The van der Waals surface area contributed by atoms with Crippen molar-refractivity contribution in [3.8, 4) is 11.5 Å². The van der Waals surface area contributed by atoms with Gasteiger partial charge in [0.2, 0.25) is 0 Å². The molecule has 0 saturated heterocycles. The van der Waals surface area contributed by atoms with Crippen LogP contribution in [0.3, 0.4) is 0 Å². The summed E-state index contributed by atoms with van der Waals surface area (Å²) in [5, 5.41) is 44.3. The average molecular weight is 740 g/mol. The van der Waals surface area contributed by atoms with E-state index in [9.17, 15) is 30.0 Å². The van der Waals surface area contributed by atoms with Crippen LogP contribution in [0.25, 0.3) is 0 Å². The summed E-state index contributed by atoms with van der Waals surface area (Å²) in [6.45, 7) is 8.33. The molecule has 6 nitrogen and oxygen atoms in total. The standard InChI is InChI=1S/2C22H26O3.Zn/c2*1-22(2,16-11-7-4-8-12-16)17-13-18(15-9-5-3-6-10-15)20(23)19(14-17)21(24)25;/h2*4,7-8,11-15,23H,3,5-6,9-10H2,1-2H3,(H,24,25);/q;;+2/p-2. The van der Waals surface area contributed by atoms with Crippen molar-refractivity contribution >= 4 is 11.9 Å². The number of aromatic carboxylic acids is 2. The van der Waals surface area contributed by atoms with Crippen molar-refractivity contribution < 1.29 is 49.5 Å². The van der Waals surface area contributed by atoms with Crippen LogP contribution in [0, 0.1) is 0 Å². The van der Waals surface area contributed by atoms with Crippen LogP contribution in [0.15, 0.2) is 84.9 Å². The first-order valence-corrected chi connectivity index (χ1v) is 18.1. The number of hydrogen-bond acceptors (Lipinski definition) is 6. The Bertz CT molecular complexity index is 1650. The smallest absolute Gasteiger partial charge is 0.545 e. The van der Waals surface area contributed by atoms with E-state index >= 15 is 0 Å². The van der Waals surface area contributed by atoms with E-state index in [2.05, 4.69) is 27.7 Å². The Kier molecular flexibility index (Phi) is 13.3. The minimum Gasteiger partial charge on any atom is -0.545 e. The van der Waals surface area contributed by atoms with Crippen LogP contribution >= 0.6 is 0 Å². The maximum atomic E-state index is 11.6. The van der Waals surface area contributed by atoms with Crippen LogP contribution in [0.4, 0.5) is 0 Å². The van der Waals surface area contributed by atoms with Gasteiger partial charge in [-0.2, -0.15) is 0 Å². The van der Waals surface area contributed by atoms with Crippen LogP contribution in [-0.2, 0) is 30.3 Å². The summed E-state index contributed by atoms with van der Waals surface area (Å²) in [6, 6.07) is 27.2. The number of aromatic hydroxyl groups is 2. The SMILES string of the molecule is CC(C)(c1ccccc1)c1cc(C(=O)[O-])c(O)c(C2CCCCC2)c1.CC(C)(c1ccccc1)c1cc(C(=O)[O-])c(O)c(C2CCCCC2)c1.[Zn+2]. The van der Waals surface area contributed by atoms with Gasteiger partial charge in [0.05, 0.1) is 11.9 Å². The zero-order valence-electron chi connectivity index (χ0n) is 30.5. The van der Waals surface area contributed by atoms with Crippen molar-refractivity contribution in [3.05, 3.63) is 129 Å². The summed E-state index contributed by atoms with van der Waals surface area (Å²) >= 11 is 0. The molecule has 7 heteroatoms. The van der Waals surface area contributed by atoms with Crippen molar-refractivity contribution in [2.24, 2.45) is 0 Å². The van der Waals surface area contributed by atoms with E-state index < -0.39 is 11.9 Å². The van der Waals surface area contributed by atoms with E-state index in [4.69, 9.17) is 0 Å². The molecule has 6 rings (SSSR count). The van der Waals surface area contributed by atoms with Gasteiger partial charge < -0.3 is 30.0 Å². The van der Waals surface area contributed by atoms with E-state index in [0.29, 0.717) is 0 Å². The average Bonchev–Trinajstić information content (AvgIpc) is 3.13. The number of benzene rings is 4. The number of carboxylic acids is 2. The molecule has 51 heavy (non-hydrogen) atoms. The van der Waals surface area contributed by atoms with Gasteiger partial charge in [0.1, 0.15) is 11.5 Å². The molecule has 2 aliphatic carbocycles. The molecule has 0 radical (unpaired) electrons. The van der Waals surface area contributed by atoms with Gasteiger partial charge >= 0.3 is 19.5 Å². The molecule has 2 N–H and O–H groups in total. The normalized spacial score (nSPS) is 15.6. The zero-order valence-corrected chi connectivity index (χ0v) is 33.5. The predicted molar refractivity (Wildman–Crippen MR) is 194 cm³/mol.